The van der Waals surface area contributed by atoms with Crippen molar-refractivity contribution in [1.29, 1.82) is 0 Å². The first-order chi connectivity index (χ1) is 8.75. The van der Waals surface area contributed by atoms with Crippen LogP contribution in [0.1, 0.15) is 73.6 Å². The van der Waals surface area contributed by atoms with Gasteiger partial charge in [0, 0.05) is 0 Å². The summed E-state index contributed by atoms with van der Waals surface area (Å²) in [6.07, 6.45) is 5.63. The molecule has 0 spiro atoms. The summed E-state index contributed by atoms with van der Waals surface area (Å²) in [5.74, 6) is 1.56. The average Bonchev–Trinajstić information content (AvgIpc) is 2.27. The van der Waals surface area contributed by atoms with Gasteiger partial charge in [0.05, 0.1) is 5.41 Å². The molecule has 2 heteroatoms. The zero-order chi connectivity index (χ0) is 14.6. The van der Waals surface area contributed by atoms with Crippen LogP contribution in [0.5, 0.6) is 0 Å². The first kappa shape index (κ1) is 16.5. The summed E-state index contributed by atoms with van der Waals surface area (Å²) in [6.45, 7) is 13.0. The van der Waals surface area contributed by atoms with E-state index in [1.54, 1.807) is 0 Å². The fourth-order valence-electron chi connectivity index (χ4n) is 3.17. The first-order valence-corrected chi connectivity index (χ1v) is 7.96. The number of ether oxygens (including phenoxy) is 1. The van der Waals surface area contributed by atoms with Gasteiger partial charge in [0.1, 0.15) is 6.10 Å². The zero-order valence-corrected chi connectivity index (χ0v) is 13.7. The predicted octanol–water partition coefficient (Wildman–Crippen LogP) is 4.82. The van der Waals surface area contributed by atoms with Gasteiger partial charge in [0.15, 0.2) is 0 Å². The van der Waals surface area contributed by atoms with Crippen molar-refractivity contribution >= 4 is 5.97 Å². The largest absolute Gasteiger partial charge is 0.462 e. The van der Waals surface area contributed by atoms with Gasteiger partial charge in [0.2, 0.25) is 0 Å². The molecule has 3 unspecified atom stereocenters. The zero-order valence-electron chi connectivity index (χ0n) is 13.7. The third-order valence-electron chi connectivity index (χ3n) is 4.73. The third-order valence-corrected chi connectivity index (χ3v) is 4.73. The minimum absolute atomic E-state index is 0.0234. The van der Waals surface area contributed by atoms with Crippen LogP contribution in [0.15, 0.2) is 0 Å². The van der Waals surface area contributed by atoms with Crippen LogP contribution in [0, 0.1) is 23.2 Å². The molecule has 0 heterocycles. The normalized spacial score (nSPS) is 27.4. The van der Waals surface area contributed by atoms with Crippen LogP contribution in [-0.4, -0.2) is 12.1 Å². The van der Waals surface area contributed by atoms with Crippen LogP contribution in [0.3, 0.4) is 0 Å². The molecule has 1 fully saturated rings. The summed E-state index contributed by atoms with van der Waals surface area (Å²) < 4.78 is 5.85. The molecule has 0 aliphatic heterocycles. The van der Waals surface area contributed by atoms with E-state index in [0.717, 1.165) is 19.3 Å². The first-order valence-electron chi connectivity index (χ1n) is 7.96. The van der Waals surface area contributed by atoms with E-state index in [9.17, 15) is 4.79 Å². The topological polar surface area (TPSA) is 26.3 Å². The van der Waals surface area contributed by atoms with E-state index in [4.69, 9.17) is 4.74 Å². The second-order valence-corrected chi connectivity index (χ2v) is 7.47. The van der Waals surface area contributed by atoms with Crippen molar-refractivity contribution < 1.29 is 9.53 Å². The van der Waals surface area contributed by atoms with Crippen molar-refractivity contribution in [3.8, 4) is 0 Å². The van der Waals surface area contributed by atoms with Crippen LogP contribution < -0.4 is 0 Å². The molecule has 1 aliphatic carbocycles. The van der Waals surface area contributed by atoms with E-state index in [1.807, 2.05) is 0 Å². The fourth-order valence-corrected chi connectivity index (χ4v) is 3.17. The highest BCUT2D eigenvalue weighted by Crippen LogP contribution is 2.37. The van der Waals surface area contributed by atoms with Crippen molar-refractivity contribution in [2.75, 3.05) is 0 Å². The monoisotopic (exact) mass is 268 g/mol. The minimum atomic E-state index is -0.338. The maximum atomic E-state index is 12.6. The van der Waals surface area contributed by atoms with Gasteiger partial charge in [-0.3, -0.25) is 4.79 Å². The number of carbonyl (C=O) groups is 1. The third kappa shape index (κ3) is 4.50. The molecular formula is C17H32O2. The van der Waals surface area contributed by atoms with Gasteiger partial charge in [0.25, 0.3) is 0 Å². The van der Waals surface area contributed by atoms with Crippen molar-refractivity contribution in [2.45, 2.75) is 79.8 Å². The molecule has 0 aromatic carbocycles. The molecule has 3 atom stereocenters. The molecule has 0 saturated heterocycles. The molecule has 0 radical (unpaired) electrons. The van der Waals surface area contributed by atoms with E-state index in [0.29, 0.717) is 17.8 Å². The lowest BCUT2D eigenvalue weighted by Crippen LogP contribution is -2.39. The SMILES string of the molecule is CC(C)CC(C)(C(=O)OC1CCCC(C)C1)C(C)C. The van der Waals surface area contributed by atoms with E-state index in [2.05, 4.69) is 41.5 Å². The van der Waals surface area contributed by atoms with Gasteiger partial charge in [-0.25, -0.2) is 0 Å². The molecule has 0 aromatic rings. The van der Waals surface area contributed by atoms with E-state index >= 15 is 0 Å². The van der Waals surface area contributed by atoms with Crippen molar-refractivity contribution in [3.05, 3.63) is 0 Å². The smallest absolute Gasteiger partial charge is 0.312 e. The molecule has 0 N–H and O–H groups in total. The molecule has 0 bridgehead atoms. The molecule has 112 valence electrons. The van der Waals surface area contributed by atoms with Gasteiger partial charge >= 0.3 is 5.97 Å². The van der Waals surface area contributed by atoms with Crippen LogP contribution in [0.25, 0.3) is 0 Å². The molecular weight excluding hydrogens is 236 g/mol. The number of rotatable bonds is 5. The Morgan fingerprint density at radius 1 is 1.26 bits per heavy atom. The summed E-state index contributed by atoms with van der Waals surface area (Å²) in [7, 11) is 0. The Morgan fingerprint density at radius 3 is 2.37 bits per heavy atom. The molecule has 0 amide bonds. The average molecular weight is 268 g/mol. The van der Waals surface area contributed by atoms with Crippen molar-refractivity contribution in [3.63, 3.8) is 0 Å². The van der Waals surface area contributed by atoms with E-state index in [-0.39, 0.29) is 17.5 Å². The number of hydrogen-bond donors (Lipinski definition) is 0. The number of carbonyl (C=O) groups excluding carboxylic acids is 1. The van der Waals surface area contributed by atoms with E-state index < -0.39 is 0 Å². The van der Waals surface area contributed by atoms with Crippen molar-refractivity contribution in [2.24, 2.45) is 23.2 Å². The van der Waals surface area contributed by atoms with Gasteiger partial charge < -0.3 is 4.74 Å². The highest BCUT2D eigenvalue weighted by Gasteiger charge is 2.40. The Labute approximate surface area is 119 Å². The molecule has 1 saturated carbocycles. The highest BCUT2D eigenvalue weighted by atomic mass is 16.5. The molecule has 19 heavy (non-hydrogen) atoms. The summed E-state index contributed by atoms with van der Waals surface area (Å²) in [5, 5.41) is 0. The maximum absolute atomic E-state index is 12.6. The van der Waals surface area contributed by atoms with Crippen LogP contribution >= 0.6 is 0 Å². The number of esters is 1. The second-order valence-electron chi connectivity index (χ2n) is 7.47. The lowest BCUT2D eigenvalue weighted by molar-refractivity contribution is -0.166. The second kappa shape index (κ2) is 6.76. The summed E-state index contributed by atoms with van der Waals surface area (Å²) >= 11 is 0. The molecule has 1 rings (SSSR count). The maximum Gasteiger partial charge on any atom is 0.312 e. The van der Waals surface area contributed by atoms with Crippen LogP contribution in [0.4, 0.5) is 0 Å². The Balaban J connectivity index is 2.66. The van der Waals surface area contributed by atoms with Gasteiger partial charge in [-0.2, -0.15) is 0 Å². The Kier molecular flexibility index (Phi) is 5.88. The Bertz CT molecular complexity index is 296. The lowest BCUT2D eigenvalue weighted by Gasteiger charge is -2.36. The molecule has 0 aromatic heterocycles. The van der Waals surface area contributed by atoms with Crippen LogP contribution in [0.2, 0.25) is 0 Å². The fraction of sp³-hybridized carbons (Fsp3) is 0.941. The minimum Gasteiger partial charge on any atom is -0.462 e. The molecule has 1 aliphatic rings. The number of hydrogen-bond acceptors (Lipinski definition) is 2. The summed E-state index contributed by atoms with van der Waals surface area (Å²) in [5.41, 5.74) is -0.338. The standard InChI is InChI=1S/C17H32O2/c1-12(2)11-17(6,13(3)4)16(18)19-15-9-7-8-14(5)10-15/h12-15H,7-11H2,1-6H3. The Morgan fingerprint density at radius 2 is 1.89 bits per heavy atom. The van der Waals surface area contributed by atoms with Gasteiger partial charge in [-0.1, -0.05) is 41.0 Å². The quantitative estimate of drug-likeness (QED) is 0.668. The van der Waals surface area contributed by atoms with E-state index in [1.165, 1.54) is 12.8 Å². The Hall–Kier alpha value is -0.530. The molecule has 2 nitrogen and oxygen atoms in total. The van der Waals surface area contributed by atoms with Crippen molar-refractivity contribution in [1.82, 2.24) is 0 Å². The highest BCUT2D eigenvalue weighted by molar-refractivity contribution is 5.76. The lowest BCUT2D eigenvalue weighted by atomic mass is 9.73. The van der Waals surface area contributed by atoms with Crippen LogP contribution in [-0.2, 0) is 9.53 Å². The van der Waals surface area contributed by atoms with Gasteiger partial charge in [-0.05, 0) is 50.4 Å². The summed E-state index contributed by atoms with van der Waals surface area (Å²) in [6, 6.07) is 0. The predicted molar refractivity (Wildman–Crippen MR) is 79.9 cm³/mol. The summed E-state index contributed by atoms with van der Waals surface area (Å²) in [4.78, 5) is 12.6. The van der Waals surface area contributed by atoms with Gasteiger partial charge in [-0.15, -0.1) is 0 Å².